The number of fused-ring (bicyclic) bond motifs is 2. The van der Waals surface area contributed by atoms with Crippen molar-refractivity contribution in [3.05, 3.63) is 69.8 Å². The number of non-ortho nitro benzene ring substituents is 1. The molecule has 0 amide bonds. The van der Waals surface area contributed by atoms with Gasteiger partial charge in [0.05, 0.1) is 10.6 Å². The first kappa shape index (κ1) is 15.6. The Hall–Kier alpha value is -3.61. The zero-order chi connectivity index (χ0) is 18.5. The molecule has 7 nitrogen and oxygen atoms in total. The predicted octanol–water partition coefficient (Wildman–Crippen LogP) is 4.47. The molecule has 0 radical (unpaired) electrons. The van der Waals surface area contributed by atoms with Crippen molar-refractivity contribution in [2.75, 3.05) is 11.9 Å². The summed E-state index contributed by atoms with van der Waals surface area (Å²) in [5.41, 5.74) is 4.31. The lowest BCUT2D eigenvalue weighted by Crippen LogP contribution is -2.06. The molecule has 134 valence electrons. The average molecular weight is 360 g/mol. The number of nitro benzene ring substituents is 1. The normalized spacial score (nSPS) is 12.9. The van der Waals surface area contributed by atoms with Crippen molar-refractivity contribution < 1.29 is 9.34 Å². The van der Waals surface area contributed by atoms with E-state index < -0.39 is 0 Å². The average Bonchev–Trinajstić information content (AvgIpc) is 3.36. The quantitative estimate of drug-likeness (QED) is 0.430. The third-order valence-electron chi connectivity index (χ3n) is 4.94. The van der Waals surface area contributed by atoms with Gasteiger partial charge in [-0.05, 0) is 31.0 Å². The van der Waals surface area contributed by atoms with E-state index in [-0.39, 0.29) is 10.6 Å². The Morgan fingerprint density at radius 2 is 2.07 bits per heavy atom. The Morgan fingerprint density at radius 3 is 2.89 bits per heavy atom. The lowest BCUT2D eigenvalue weighted by atomic mass is 10.1. The minimum Gasteiger partial charge on any atom is -0.454 e. The van der Waals surface area contributed by atoms with E-state index in [9.17, 15) is 10.1 Å². The predicted molar refractivity (Wildman–Crippen MR) is 102 cm³/mol. The summed E-state index contributed by atoms with van der Waals surface area (Å²) < 4.78 is 7.77. The topological polar surface area (TPSA) is 86.1 Å². The van der Waals surface area contributed by atoms with Crippen LogP contribution in [0.2, 0.25) is 0 Å². The molecule has 0 fully saturated rings. The van der Waals surface area contributed by atoms with Crippen LogP contribution in [-0.2, 0) is 6.42 Å². The van der Waals surface area contributed by atoms with E-state index in [1.54, 1.807) is 16.8 Å². The van der Waals surface area contributed by atoms with E-state index in [0.29, 0.717) is 11.4 Å². The summed E-state index contributed by atoms with van der Waals surface area (Å²) in [4.78, 5) is 10.8. The van der Waals surface area contributed by atoms with Gasteiger partial charge in [-0.3, -0.25) is 10.1 Å². The maximum absolute atomic E-state index is 11.2. The summed E-state index contributed by atoms with van der Waals surface area (Å²) in [7, 11) is 0. The molecule has 27 heavy (non-hydrogen) atoms. The van der Waals surface area contributed by atoms with Gasteiger partial charge >= 0.3 is 0 Å². The van der Waals surface area contributed by atoms with Crippen molar-refractivity contribution in [3.8, 4) is 17.1 Å². The number of aryl methyl sites for hydroxylation is 1. The van der Waals surface area contributed by atoms with Crippen molar-refractivity contribution in [3.63, 3.8) is 0 Å². The second-order valence-corrected chi connectivity index (χ2v) is 6.64. The molecule has 5 rings (SSSR count). The molecule has 0 atom stereocenters. The summed E-state index contributed by atoms with van der Waals surface area (Å²) in [6, 6.07) is 14.6. The molecule has 0 unspecified atom stereocenters. The van der Waals surface area contributed by atoms with Crippen molar-refractivity contribution in [2.45, 2.75) is 13.3 Å². The highest BCUT2D eigenvalue weighted by Gasteiger charge is 2.27. The molecule has 2 aromatic carbocycles. The number of hydrogen-bond acceptors (Lipinski definition) is 5. The maximum Gasteiger partial charge on any atom is 0.271 e. The molecule has 2 aromatic heterocycles. The first-order chi connectivity index (χ1) is 13.1. The van der Waals surface area contributed by atoms with Crippen LogP contribution in [-0.4, -0.2) is 21.2 Å². The molecule has 1 aliphatic heterocycles. The Balaban J connectivity index is 1.71. The van der Waals surface area contributed by atoms with E-state index in [0.717, 1.165) is 46.6 Å². The third-order valence-corrected chi connectivity index (χ3v) is 4.94. The van der Waals surface area contributed by atoms with Gasteiger partial charge in [-0.1, -0.05) is 24.3 Å². The number of nitrogens with zero attached hydrogens (tertiary/aromatic N) is 3. The third kappa shape index (κ3) is 2.39. The summed E-state index contributed by atoms with van der Waals surface area (Å²) in [6.07, 6.45) is 0.829. The van der Waals surface area contributed by atoms with Crippen LogP contribution in [0.1, 0.15) is 11.1 Å². The highest BCUT2D eigenvalue weighted by atomic mass is 16.6. The molecule has 0 spiro atoms. The van der Waals surface area contributed by atoms with Gasteiger partial charge in [-0.15, -0.1) is 0 Å². The van der Waals surface area contributed by atoms with Gasteiger partial charge < -0.3 is 9.73 Å². The fraction of sp³-hybridized carbons (Fsp3) is 0.150. The van der Waals surface area contributed by atoms with E-state index in [2.05, 4.69) is 5.32 Å². The van der Waals surface area contributed by atoms with Crippen molar-refractivity contribution in [2.24, 2.45) is 0 Å². The van der Waals surface area contributed by atoms with Crippen LogP contribution in [0.25, 0.3) is 28.1 Å². The molecular formula is C20H16N4O3. The lowest BCUT2D eigenvalue weighted by molar-refractivity contribution is -0.384. The van der Waals surface area contributed by atoms with Gasteiger partial charge in [0.15, 0.2) is 5.76 Å². The lowest BCUT2D eigenvalue weighted by Gasteiger charge is -2.09. The monoisotopic (exact) mass is 360 g/mol. The first-order valence-corrected chi connectivity index (χ1v) is 8.72. The second kappa shape index (κ2) is 5.70. The molecule has 0 saturated carbocycles. The number of furan rings is 1. The van der Waals surface area contributed by atoms with Crippen LogP contribution in [0.3, 0.4) is 0 Å². The van der Waals surface area contributed by atoms with Gasteiger partial charge in [-0.2, -0.15) is 5.10 Å². The zero-order valence-electron chi connectivity index (χ0n) is 14.6. The highest BCUT2D eigenvalue weighted by molar-refractivity contribution is 5.84. The van der Waals surface area contributed by atoms with E-state index in [1.807, 2.05) is 37.3 Å². The second-order valence-electron chi connectivity index (χ2n) is 6.64. The number of rotatable bonds is 3. The summed E-state index contributed by atoms with van der Waals surface area (Å²) in [5.74, 6) is 1.58. The zero-order valence-corrected chi connectivity index (χ0v) is 14.6. The summed E-state index contributed by atoms with van der Waals surface area (Å²) >= 11 is 0. The molecule has 1 N–H and O–H groups in total. The standard InChI is InChI=1S/C20H16N4O3/c1-12-6-7-14(24(25)26)11-16(12)23-20-15(8-9-21-20)19(22-23)18-10-13-4-2-3-5-17(13)27-18/h2-7,10-11,21H,8-9H2,1H3. The Bertz CT molecular complexity index is 1170. The van der Waals surface area contributed by atoms with E-state index in [1.165, 1.54) is 6.07 Å². The number of hydrogen-bond donors (Lipinski definition) is 1. The molecule has 0 aliphatic carbocycles. The number of benzene rings is 2. The van der Waals surface area contributed by atoms with Crippen LogP contribution in [0.15, 0.2) is 52.9 Å². The molecule has 0 bridgehead atoms. The van der Waals surface area contributed by atoms with Crippen LogP contribution in [0.4, 0.5) is 11.5 Å². The number of para-hydroxylation sites is 1. The Labute approximate surface area is 154 Å². The van der Waals surface area contributed by atoms with Gasteiger partial charge in [0.1, 0.15) is 17.1 Å². The molecule has 1 aliphatic rings. The SMILES string of the molecule is Cc1ccc([N+](=O)[O-])cc1-n1nc(-c2cc3ccccc3o2)c2c1NCC2. The maximum atomic E-state index is 11.2. The summed E-state index contributed by atoms with van der Waals surface area (Å²) in [5, 5.41) is 20.3. The number of nitro groups is 1. The van der Waals surface area contributed by atoms with E-state index in [4.69, 9.17) is 9.52 Å². The van der Waals surface area contributed by atoms with Gasteiger partial charge in [0, 0.05) is 29.6 Å². The fourth-order valence-electron chi connectivity index (χ4n) is 3.59. The van der Waals surface area contributed by atoms with Gasteiger partial charge in [-0.25, -0.2) is 4.68 Å². The van der Waals surface area contributed by atoms with Crippen LogP contribution < -0.4 is 5.32 Å². The highest BCUT2D eigenvalue weighted by Crippen LogP contribution is 2.37. The number of nitrogens with one attached hydrogen (secondary N) is 1. The Morgan fingerprint density at radius 1 is 1.22 bits per heavy atom. The molecule has 3 heterocycles. The summed E-state index contributed by atoms with van der Waals surface area (Å²) in [6.45, 7) is 2.72. The Kier molecular flexibility index (Phi) is 3.30. The van der Waals surface area contributed by atoms with E-state index >= 15 is 0 Å². The van der Waals surface area contributed by atoms with Gasteiger partial charge in [0.25, 0.3) is 5.69 Å². The van der Waals surface area contributed by atoms with Crippen molar-refractivity contribution >= 4 is 22.5 Å². The molecule has 4 aromatic rings. The first-order valence-electron chi connectivity index (χ1n) is 8.72. The van der Waals surface area contributed by atoms with Gasteiger partial charge in [0.2, 0.25) is 0 Å². The van der Waals surface area contributed by atoms with Crippen LogP contribution >= 0.6 is 0 Å². The minimum atomic E-state index is -0.389. The van der Waals surface area contributed by atoms with Crippen LogP contribution in [0.5, 0.6) is 0 Å². The van der Waals surface area contributed by atoms with Crippen LogP contribution in [0, 0.1) is 17.0 Å². The smallest absolute Gasteiger partial charge is 0.271 e. The molecule has 7 heteroatoms. The largest absolute Gasteiger partial charge is 0.454 e. The fourth-order valence-corrected chi connectivity index (χ4v) is 3.59. The number of aromatic nitrogens is 2. The molecule has 0 saturated heterocycles. The van der Waals surface area contributed by atoms with Crippen molar-refractivity contribution in [1.82, 2.24) is 9.78 Å². The molecular weight excluding hydrogens is 344 g/mol. The van der Waals surface area contributed by atoms with Crippen molar-refractivity contribution in [1.29, 1.82) is 0 Å². The number of anilines is 1. The minimum absolute atomic E-state index is 0.0446.